The van der Waals surface area contributed by atoms with Crippen molar-refractivity contribution in [3.8, 4) is 0 Å². The fourth-order valence-corrected chi connectivity index (χ4v) is 3.56. The van der Waals surface area contributed by atoms with E-state index in [1.54, 1.807) is 0 Å². The average Bonchev–Trinajstić information content (AvgIpc) is 2.72. The molecule has 1 aliphatic heterocycles. The number of nitrogens with one attached hydrogen (secondary N) is 1. The van der Waals surface area contributed by atoms with Gasteiger partial charge in [-0.05, 0) is 42.8 Å². The van der Waals surface area contributed by atoms with E-state index in [0.717, 1.165) is 36.5 Å². The molecule has 0 bridgehead atoms. The fraction of sp³-hybridized carbons (Fsp3) is 0.273. The predicted octanol–water partition coefficient (Wildman–Crippen LogP) is 5.12. The highest BCUT2D eigenvalue weighted by atomic mass is 19.4. The van der Waals surface area contributed by atoms with Crippen LogP contribution in [0.3, 0.4) is 0 Å². The van der Waals surface area contributed by atoms with Crippen LogP contribution in [0.4, 0.5) is 23.2 Å². The van der Waals surface area contributed by atoms with Gasteiger partial charge in [-0.3, -0.25) is 0 Å². The maximum absolute atomic E-state index is 14.3. The van der Waals surface area contributed by atoms with Crippen molar-refractivity contribution in [2.45, 2.75) is 19.1 Å². The van der Waals surface area contributed by atoms with E-state index < -0.39 is 17.6 Å². The zero-order valence-corrected chi connectivity index (χ0v) is 16.3. The molecule has 30 heavy (non-hydrogen) atoms. The van der Waals surface area contributed by atoms with Crippen LogP contribution in [0.2, 0.25) is 0 Å². The Kier molecular flexibility index (Phi) is 5.42. The van der Waals surface area contributed by atoms with Crippen molar-refractivity contribution < 1.29 is 17.6 Å². The van der Waals surface area contributed by atoms with Crippen LogP contribution in [-0.4, -0.2) is 35.2 Å². The molecule has 1 aliphatic rings. The Morgan fingerprint density at radius 2 is 2.00 bits per heavy atom. The molecule has 4 rings (SSSR count). The van der Waals surface area contributed by atoms with Crippen molar-refractivity contribution in [3.63, 3.8) is 0 Å². The third-order valence-electron chi connectivity index (χ3n) is 5.28. The van der Waals surface area contributed by atoms with E-state index >= 15 is 0 Å². The van der Waals surface area contributed by atoms with Crippen molar-refractivity contribution in [2.24, 2.45) is 0 Å². The molecule has 0 saturated heterocycles. The number of aromatic nitrogens is 2. The highest BCUT2D eigenvalue weighted by molar-refractivity contribution is 5.92. The summed E-state index contributed by atoms with van der Waals surface area (Å²) in [6, 6.07) is 9.13. The minimum atomic E-state index is -4.73. The first-order valence-electron chi connectivity index (χ1n) is 9.55. The number of fused-ring (bicyclic) bond motifs is 1. The molecule has 0 atom stereocenters. The van der Waals surface area contributed by atoms with Crippen LogP contribution in [0.5, 0.6) is 0 Å². The summed E-state index contributed by atoms with van der Waals surface area (Å²) in [5, 5.41) is 11.9. The quantitative estimate of drug-likeness (QED) is 0.600. The van der Waals surface area contributed by atoms with Gasteiger partial charge in [0.1, 0.15) is 5.82 Å². The molecular weight excluding hydrogens is 396 g/mol. The number of hydrogen-bond acceptors (Lipinski definition) is 4. The van der Waals surface area contributed by atoms with Crippen molar-refractivity contribution >= 4 is 22.2 Å². The second-order valence-corrected chi connectivity index (χ2v) is 7.36. The Labute approximate surface area is 171 Å². The standard InChI is InChI=1S/C22H20F4N4/c1-30-9-7-14(8-10-30)15-5-6-19-17(11-15)20(13-28-29-19)27-12-16-3-2-4-18(21(16)23)22(24,25)26/h2-7,11,13H,8-10,12H2,1H3,(H,27,29). The fourth-order valence-electron chi connectivity index (χ4n) is 3.56. The number of likely N-dealkylation sites (N-methyl/N-ethyl adjacent to an activating group) is 1. The van der Waals surface area contributed by atoms with Gasteiger partial charge in [0.05, 0.1) is 23.0 Å². The molecule has 1 aromatic heterocycles. The molecule has 0 saturated carbocycles. The van der Waals surface area contributed by atoms with Crippen LogP contribution < -0.4 is 5.32 Å². The Hall–Kier alpha value is -3.00. The molecule has 0 radical (unpaired) electrons. The van der Waals surface area contributed by atoms with E-state index in [1.165, 1.54) is 23.9 Å². The Bertz CT molecular complexity index is 1110. The molecule has 4 nitrogen and oxygen atoms in total. The first kappa shape index (κ1) is 20.3. The van der Waals surface area contributed by atoms with Crippen LogP contribution in [0.15, 0.2) is 48.7 Å². The third kappa shape index (κ3) is 4.14. The molecular formula is C22H20F4N4. The smallest absolute Gasteiger partial charge is 0.379 e. The lowest BCUT2D eigenvalue weighted by Crippen LogP contribution is -2.23. The lowest BCUT2D eigenvalue weighted by Gasteiger charge is -2.22. The topological polar surface area (TPSA) is 41.1 Å². The molecule has 2 heterocycles. The zero-order valence-electron chi connectivity index (χ0n) is 16.3. The predicted molar refractivity (Wildman–Crippen MR) is 108 cm³/mol. The van der Waals surface area contributed by atoms with Gasteiger partial charge in [-0.15, -0.1) is 0 Å². The van der Waals surface area contributed by atoms with Gasteiger partial charge in [0.25, 0.3) is 0 Å². The number of anilines is 1. The van der Waals surface area contributed by atoms with Gasteiger partial charge in [-0.2, -0.15) is 23.4 Å². The van der Waals surface area contributed by atoms with E-state index in [0.29, 0.717) is 11.2 Å². The van der Waals surface area contributed by atoms with Crippen LogP contribution in [0.1, 0.15) is 23.1 Å². The third-order valence-corrected chi connectivity index (χ3v) is 5.28. The van der Waals surface area contributed by atoms with Gasteiger partial charge in [0, 0.05) is 30.6 Å². The number of rotatable bonds is 4. The number of nitrogens with zero attached hydrogens (tertiary/aromatic N) is 3. The van der Waals surface area contributed by atoms with Crippen molar-refractivity contribution in [1.29, 1.82) is 0 Å². The summed E-state index contributed by atoms with van der Waals surface area (Å²) < 4.78 is 53.2. The van der Waals surface area contributed by atoms with Crippen molar-refractivity contribution in [3.05, 3.63) is 71.2 Å². The van der Waals surface area contributed by atoms with E-state index in [9.17, 15) is 17.6 Å². The van der Waals surface area contributed by atoms with Crippen LogP contribution >= 0.6 is 0 Å². The highest BCUT2D eigenvalue weighted by Gasteiger charge is 2.34. The molecule has 0 spiro atoms. The van der Waals surface area contributed by atoms with Gasteiger partial charge < -0.3 is 10.2 Å². The molecule has 0 amide bonds. The average molecular weight is 416 g/mol. The first-order valence-corrected chi connectivity index (χ1v) is 9.55. The number of benzene rings is 2. The Morgan fingerprint density at radius 3 is 2.73 bits per heavy atom. The summed E-state index contributed by atoms with van der Waals surface area (Å²) in [7, 11) is 2.07. The maximum atomic E-state index is 14.3. The summed E-state index contributed by atoms with van der Waals surface area (Å²) in [5.74, 6) is -1.26. The normalized spacial score (nSPS) is 15.3. The van der Waals surface area contributed by atoms with Gasteiger partial charge in [-0.25, -0.2) is 4.39 Å². The molecule has 0 fully saturated rings. The summed E-state index contributed by atoms with van der Waals surface area (Å²) in [6.07, 6.45) is -0.120. The van der Waals surface area contributed by atoms with Gasteiger partial charge >= 0.3 is 6.18 Å². The minimum Gasteiger partial charge on any atom is -0.379 e. The van der Waals surface area contributed by atoms with Gasteiger partial charge in [0.15, 0.2) is 0 Å². The van der Waals surface area contributed by atoms with Crippen LogP contribution in [0.25, 0.3) is 16.5 Å². The van der Waals surface area contributed by atoms with E-state index in [1.807, 2.05) is 18.2 Å². The van der Waals surface area contributed by atoms with Crippen molar-refractivity contribution in [2.75, 3.05) is 25.5 Å². The van der Waals surface area contributed by atoms with Gasteiger partial charge in [-0.1, -0.05) is 24.3 Å². The minimum absolute atomic E-state index is 0.0658. The lowest BCUT2D eigenvalue weighted by molar-refractivity contribution is -0.140. The molecule has 156 valence electrons. The second-order valence-electron chi connectivity index (χ2n) is 7.36. The van der Waals surface area contributed by atoms with Crippen molar-refractivity contribution in [1.82, 2.24) is 15.1 Å². The van der Waals surface area contributed by atoms with Crippen LogP contribution in [-0.2, 0) is 12.7 Å². The molecule has 8 heteroatoms. The lowest BCUT2D eigenvalue weighted by atomic mass is 9.98. The molecule has 2 aromatic carbocycles. The highest BCUT2D eigenvalue weighted by Crippen LogP contribution is 2.33. The Morgan fingerprint density at radius 1 is 1.17 bits per heavy atom. The first-order chi connectivity index (χ1) is 14.3. The van der Waals surface area contributed by atoms with E-state index in [-0.39, 0.29) is 12.1 Å². The summed E-state index contributed by atoms with van der Waals surface area (Å²) >= 11 is 0. The molecule has 1 N–H and O–H groups in total. The second kappa shape index (κ2) is 8.02. The van der Waals surface area contributed by atoms with Crippen LogP contribution in [0, 0.1) is 5.82 Å². The largest absolute Gasteiger partial charge is 0.419 e. The number of alkyl halides is 3. The molecule has 0 unspecified atom stereocenters. The maximum Gasteiger partial charge on any atom is 0.419 e. The van der Waals surface area contributed by atoms with Gasteiger partial charge in [0.2, 0.25) is 0 Å². The molecule has 3 aromatic rings. The number of halogens is 4. The zero-order chi connectivity index (χ0) is 21.3. The summed E-state index contributed by atoms with van der Waals surface area (Å²) in [5.41, 5.74) is 2.22. The monoisotopic (exact) mass is 416 g/mol. The van der Waals surface area contributed by atoms with E-state index in [4.69, 9.17) is 0 Å². The molecule has 0 aliphatic carbocycles. The summed E-state index contributed by atoms with van der Waals surface area (Å²) in [6.45, 7) is 1.74. The SMILES string of the molecule is CN1CC=C(c2ccc3nncc(NCc4cccc(C(F)(F)F)c4F)c3c2)CC1. The summed E-state index contributed by atoms with van der Waals surface area (Å²) in [4.78, 5) is 2.23. The number of hydrogen-bond donors (Lipinski definition) is 1. The Balaban J connectivity index is 1.63. The van der Waals surface area contributed by atoms with E-state index in [2.05, 4.69) is 33.5 Å².